The highest BCUT2D eigenvalue weighted by molar-refractivity contribution is 5.15. The maximum Gasteiger partial charge on any atom is 0.0277 e. The highest BCUT2D eigenvalue weighted by Crippen LogP contribution is 2.26. The summed E-state index contributed by atoms with van der Waals surface area (Å²) < 4.78 is 0. The van der Waals surface area contributed by atoms with Gasteiger partial charge in [0, 0.05) is 12.1 Å². The Bertz CT molecular complexity index is 364. The fourth-order valence-electron chi connectivity index (χ4n) is 3.23. The molecule has 0 bridgehead atoms. The van der Waals surface area contributed by atoms with Crippen molar-refractivity contribution >= 4 is 0 Å². The molecular formula is C17H28N2. The van der Waals surface area contributed by atoms with Crippen molar-refractivity contribution in [3.63, 3.8) is 0 Å². The van der Waals surface area contributed by atoms with Gasteiger partial charge in [0.1, 0.15) is 0 Å². The molecule has 2 heteroatoms. The van der Waals surface area contributed by atoms with Crippen LogP contribution >= 0.6 is 0 Å². The molecule has 0 saturated carbocycles. The van der Waals surface area contributed by atoms with Gasteiger partial charge < -0.3 is 5.32 Å². The maximum atomic E-state index is 3.31. The Morgan fingerprint density at radius 1 is 1.16 bits per heavy atom. The van der Waals surface area contributed by atoms with Crippen LogP contribution in [0.3, 0.4) is 0 Å². The predicted molar refractivity (Wildman–Crippen MR) is 82.4 cm³/mol. The molecule has 0 unspecified atom stereocenters. The molecule has 19 heavy (non-hydrogen) atoms. The van der Waals surface area contributed by atoms with Crippen LogP contribution in [-0.4, -0.2) is 37.1 Å². The molecule has 0 amide bonds. The lowest BCUT2D eigenvalue weighted by Gasteiger charge is -2.43. The molecule has 0 spiro atoms. The van der Waals surface area contributed by atoms with Crippen LogP contribution in [0.25, 0.3) is 0 Å². The second-order valence-corrected chi connectivity index (χ2v) is 6.46. The van der Waals surface area contributed by atoms with Crippen molar-refractivity contribution in [3.05, 3.63) is 35.9 Å². The molecule has 2 rings (SSSR count). The summed E-state index contributed by atoms with van der Waals surface area (Å²) in [4.78, 5) is 2.64. The van der Waals surface area contributed by atoms with Gasteiger partial charge in [0.15, 0.2) is 0 Å². The zero-order chi connectivity index (χ0) is 13.7. The molecular weight excluding hydrogens is 232 g/mol. The van der Waals surface area contributed by atoms with Gasteiger partial charge in [-0.3, -0.25) is 4.90 Å². The van der Waals surface area contributed by atoms with Crippen LogP contribution < -0.4 is 5.32 Å². The van der Waals surface area contributed by atoms with E-state index < -0.39 is 0 Å². The van der Waals surface area contributed by atoms with E-state index in [4.69, 9.17) is 0 Å². The van der Waals surface area contributed by atoms with E-state index in [-0.39, 0.29) is 5.54 Å². The number of nitrogens with zero attached hydrogens (tertiary/aromatic N) is 1. The quantitative estimate of drug-likeness (QED) is 0.875. The van der Waals surface area contributed by atoms with E-state index in [1.165, 1.54) is 37.9 Å². The Labute approximate surface area is 118 Å². The number of rotatable bonds is 5. The smallest absolute Gasteiger partial charge is 0.0277 e. The van der Waals surface area contributed by atoms with Crippen LogP contribution in [-0.2, 0) is 6.42 Å². The monoisotopic (exact) mass is 260 g/mol. The van der Waals surface area contributed by atoms with Gasteiger partial charge in [0.05, 0.1) is 0 Å². The lowest BCUT2D eigenvalue weighted by Crippen LogP contribution is -2.53. The molecule has 1 saturated heterocycles. The number of hydrogen-bond donors (Lipinski definition) is 1. The summed E-state index contributed by atoms with van der Waals surface area (Å²) in [5.41, 5.74) is 1.78. The Morgan fingerprint density at radius 2 is 1.79 bits per heavy atom. The lowest BCUT2D eigenvalue weighted by atomic mass is 9.88. The van der Waals surface area contributed by atoms with Gasteiger partial charge in [-0.1, -0.05) is 30.3 Å². The first-order valence-electron chi connectivity index (χ1n) is 7.55. The normalized spacial score (nSPS) is 18.7. The highest BCUT2D eigenvalue weighted by Gasteiger charge is 2.29. The van der Waals surface area contributed by atoms with Gasteiger partial charge in [-0.2, -0.15) is 0 Å². The Morgan fingerprint density at radius 3 is 2.37 bits per heavy atom. The Kier molecular flexibility index (Phi) is 5.00. The maximum absolute atomic E-state index is 3.31. The molecule has 0 radical (unpaired) electrons. The molecule has 0 aromatic heterocycles. The molecule has 1 aromatic carbocycles. The molecule has 1 heterocycles. The number of hydrogen-bond acceptors (Lipinski definition) is 2. The third-order valence-corrected chi connectivity index (χ3v) is 4.45. The van der Waals surface area contributed by atoms with Gasteiger partial charge in [-0.25, -0.2) is 0 Å². The van der Waals surface area contributed by atoms with Crippen LogP contribution in [0.15, 0.2) is 30.3 Å². The summed E-state index contributed by atoms with van der Waals surface area (Å²) in [5, 5.41) is 3.31. The average Bonchev–Trinajstić information content (AvgIpc) is 2.40. The second-order valence-electron chi connectivity index (χ2n) is 6.46. The fourth-order valence-corrected chi connectivity index (χ4v) is 3.23. The van der Waals surface area contributed by atoms with Gasteiger partial charge >= 0.3 is 0 Å². The van der Waals surface area contributed by atoms with Crippen molar-refractivity contribution in [2.45, 2.75) is 38.6 Å². The van der Waals surface area contributed by atoms with E-state index >= 15 is 0 Å². The van der Waals surface area contributed by atoms with Crippen molar-refractivity contribution in [1.29, 1.82) is 0 Å². The van der Waals surface area contributed by atoms with Crippen LogP contribution in [0.2, 0.25) is 0 Å². The van der Waals surface area contributed by atoms with E-state index in [1.54, 1.807) is 0 Å². The molecule has 106 valence electrons. The number of nitrogens with one attached hydrogen (secondary N) is 1. The largest absolute Gasteiger partial charge is 0.318 e. The minimum atomic E-state index is 0.284. The molecule has 1 aliphatic rings. The molecule has 1 aliphatic heterocycles. The molecule has 1 fully saturated rings. The summed E-state index contributed by atoms with van der Waals surface area (Å²) in [6, 6.07) is 10.9. The van der Waals surface area contributed by atoms with E-state index in [0.29, 0.717) is 0 Å². The van der Waals surface area contributed by atoms with Crippen LogP contribution in [0.5, 0.6) is 0 Å². The number of likely N-dealkylation sites (tertiary alicyclic amines) is 1. The van der Waals surface area contributed by atoms with Gasteiger partial charge in [-0.15, -0.1) is 0 Å². The third-order valence-electron chi connectivity index (χ3n) is 4.45. The first kappa shape index (κ1) is 14.5. The van der Waals surface area contributed by atoms with E-state index in [1.807, 2.05) is 7.05 Å². The van der Waals surface area contributed by atoms with Gasteiger partial charge in [0.2, 0.25) is 0 Å². The van der Waals surface area contributed by atoms with Crippen molar-refractivity contribution in [2.24, 2.45) is 5.92 Å². The van der Waals surface area contributed by atoms with E-state index in [2.05, 4.69) is 54.4 Å². The van der Waals surface area contributed by atoms with Crippen LogP contribution in [0.4, 0.5) is 0 Å². The van der Waals surface area contributed by atoms with Crippen molar-refractivity contribution in [3.8, 4) is 0 Å². The van der Waals surface area contributed by atoms with E-state index in [0.717, 1.165) is 12.5 Å². The van der Waals surface area contributed by atoms with Crippen LogP contribution in [0, 0.1) is 5.92 Å². The van der Waals surface area contributed by atoms with Crippen LogP contribution in [0.1, 0.15) is 32.3 Å². The molecule has 0 aliphatic carbocycles. The van der Waals surface area contributed by atoms with Crippen molar-refractivity contribution in [2.75, 3.05) is 26.7 Å². The zero-order valence-corrected chi connectivity index (χ0v) is 12.7. The standard InChI is InChI=1S/C17H28N2/c1-17(2,14-18-3)19-11-9-16(10-12-19)13-15-7-5-4-6-8-15/h4-8,16,18H,9-14H2,1-3H3. The highest BCUT2D eigenvalue weighted by atomic mass is 15.2. The topological polar surface area (TPSA) is 15.3 Å². The minimum absolute atomic E-state index is 0.284. The summed E-state index contributed by atoms with van der Waals surface area (Å²) in [5.74, 6) is 0.865. The summed E-state index contributed by atoms with van der Waals surface area (Å²) >= 11 is 0. The van der Waals surface area contributed by atoms with Gasteiger partial charge in [0.25, 0.3) is 0 Å². The Balaban J connectivity index is 1.82. The second kappa shape index (κ2) is 6.53. The SMILES string of the molecule is CNCC(C)(C)N1CCC(Cc2ccccc2)CC1. The van der Waals surface area contributed by atoms with Crippen molar-refractivity contribution in [1.82, 2.24) is 10.2 Å². The number of piperidine rings is 1. The Hall–Kier alpha value is -0.860. The average molecular weight is 260 g/mol. The fraction of sp³-hybridized carbons (Fsp3) is 0.647. The van der Waals surface area contributed by atoms with E-state index in [9.17, 15) is 0 Å². The number of likely N-dealkylation sites (N-methyl/N-ethyl adjacent to an activating group) is 1. The predicted octanol–water partition coefficient (Wildman–Crippen LogP) is 2.94. The number of benzene rings is 1. The molecule has 1 N–H and O–H groups in total. The molecule has 1 aromatic rings. The molecule has 0 atom stereocenters. The summed E-state index contributed by atoms with van der Waals surface area (Å²) in [6.07, 6.45) is 3.92. The summed E-state index contributed by atoms with van der Waals surface area (Å²) in [6.45, 7) is 8.25. The first-order chi connectivity index (χ1) is 9.12. The lowest BCUT2D eigenvalue weighted by molar-refractivity contribution is 0.0756. The van der Waals surface area contributed by atoms with Crippen molar-refractivity contribution < 1.29 is 0 Å². The minimum Gasteiger partial charge on any atom is -0.318 e. The molecule has 2 nitrogen and oxygen atoms in total. The van der Waals surface area contributed by atoms with Gasteiger partial charge in [-0.05, 0) is 64.7 Å². The summed E-state index contributed by atoms with van der Waals surface area (Å²) in [7, 11) is 2.05. The first-order valence-corrected chi connectivity index (χ1v) is 7.55. The third kappa shape index (κ3) is 4.05. The zero-order valence-electron chi connectivity index (χ0n) is 12.7.